The molecule has 9 heteroatoms. The zero-order valence-corrected chi connectivity index (χ0v) is 26.2. The van der Waals surface area contributed by atoms with Crippen molar-refractivity contribution in [2.45, 2.75) is 51.0 Å². The highest BCUT2D eigenvalue weighted by Crippen LogP contribution is 2.32. The summed E-state index contributed by atoms with van der Waals surface area (Å²) in [4.78, 5) is 20.0. The summed E-state index contributed by atoms with van der Waals surface area (Å²) in [5, 5.41) is 9.50. The minimum atomic E-state index is -3.26. The Bertz CT molecular complexity index is 1670. The lowest BCUT2D eigenvalue weighted by Crippen LogP contribution is -2.54. The molecule has 2 aliphatic heterocycles. The number of rotatable bonds is 6. The number of para-hydroxylation sites is 1. The van der Waals surface area contributed by atoms with Crippen molar-refractivity contribution in [2.75, 3.05) is 48.8 Å². The minimum Gasteiger partial charge on any atom is -0.370 e. The molecule has 7 nitrogen and oxygen atoms in total. The molecule has 5 rings (SSSR count). The van der Waals surface area contributed by atoms with Crippen LogP contribution in [0.25, 0.3) is 0 Å². The Morgan fingerprint density at radius 2 is 1.70 bits per heavy atom. The van der Waals surface area contributed by atoms with Crippen molar-refractivity contribution < 1.29 is 13.4 Å². The third-order valence-corrected chi connectivity index (χ3v) is 10.1. The molecule has 0 spiro atoms. The standard InChI is InChI=1S/C34H40FN5O2S/c1-23-18-24(2)29(20-28(23)19-26-12-14-38(15-13-26)31-10-6-5-8-27(31)21-36)34(41)40-17-16-39(22-25(40)3)32-11-7-9-30(35)33(32)43(4,37)42/h5-11,18,20,25-26,37H,12-17,19,22H2,1-4H3/t25-,43+/m0/s1. The summed E-state index contributed by atoms with van der Waals surface area (Å²) >= 11 is 0. The van der Waals surface area contributed by atoms with Gasteiger partial charge in [-0.25, -0.2) is 13.4 Å². The fourth-order valence-electron chi connectivity index (χ4n) is 6.65. The Morgan fingerprint density at radius 3 is 2.37 bits per heavy atom. The number of carbonyl (C=O) groups excluding carboxylic acids is 1. The van der Waals surface area contributed by atoms with Crippen LogP contribution >= 0.6 is 0 Å². The predicted molar refractivity (Wildman–Crippen MR) is 170 cm³/mol. The van der Waals surface area contributed by atoms with Crippen LogP contribution in [-0.4, -0.2) is 60.0 Å². The van der Waals surface area contributed by atoms with Gasteiger partial charge in [0.15, 0.2) is 0 Å². The van der Waals surface area contributed by atoms with E-state index in [1.165, 1.54) is 23.4 Å². The average molecular weight is 602 g/mol. The second-order valence-electron chi connectivity index (χ2n) is 12.1. The van der Waals surface area contributed by atoms with Crippen molar-refractivity contribution in [1.29, 1.82) is 10.0 Å². The van der Waals surface area contributed by atoms with Crippen molar-refractivity contribution >= 4 is 27.0 Å². The van der Waals surface area contributed by atoms with Crippen LogP contribution in [-0.2, 0) is 16.1 Å². The van der Waals surface area contributed by atoms with Crippen LogP contribution in [0, 0.1) is 41.7 Å². The monoisotopic (exact) mass is 601 g/mol. The van der Waals surface area contributed by atoms with E-state index < -0.39 is 15.5 Å². The molecular weight excluding hydrogens is 561 g/mol. The Morgan fingerprint density at radius 1 is 1.00 bits per heavy atom. The van der Waals surface area contributed by atoms with Gasteiger partial charge in [0.05, 0.1) is 26.7 Å². The molecule has 2 saturated heterocycles. The maximum Gasteiger partial charge on any atom is 0.254 e. The molecule has 3 aromatic rings. The molecule has 0 bridgehead atoms. The summed E-state index contributed by atoms with van der Waals surface area (Å²) in [6.45, 7) is 9.27. The highest BCUT2D eigenvalue weighted by atomic mass is 32.2. The lowest BCUT2D eigenvalue weighted by atomic mass is 9.86. The largest absolute Gasteiger partial charge is 0.370 e. The van der Waals surface area contributed by atoms with Gasteiger partial charge >= 0.3 is 0 Å². The van der Waals surface area contributed by atoms with E-state index in [9.17, 15) is 18.7 Å². The van der Waals surface area contributed by atoms with Gasteiger partial charge in [0.25, 0.3) is 5.91 Å². The fraction of sp³-hybridized carbons (Fsp3) is 0.412. The number of aryl methyl sites for hydroxylation is 2. The lowest BCUT2D eigenvalue weighted by molar-refractivity contribution is 0.0673. The number of piperidine rings is 1. The molecule has 43 heavy (non-hydrogen) atoms. The van der Waals surface area contributed by atoms with Gasteiger partial charge in [0.2, 0.25) is 0 Å². The molecule has 1 N–H and O–H groups in total. The molecule has 0 saturated carbocycles. The van der Waals surface area contributed by atoms with Gasteiger partial charge in [-0.15, -0.1) is 0 Å². The number of nitrogens with zero attached hydrogens (tertiary/aromatic N) is 4. The maximum absolute atomic E-state index is 14.6. The van der Waals surface area contributed by atoms with Crippen molar-refractivity contribution in [3.63, 3.8) is 0 Å². The second-order valence-corrected chi connectivity index (χ2v) is 14.2. The van der Waals surface area contributed by atoms with E-state index in [2.05, 4.69) is 30.0 Å². The second kappa shape index (κ2) is 12.4. The van der Waals surface area contributed by atoms with Crippen LogP contribution in [0.5, 0.6) is 0 Å². The molecule has 2 atom stereocenters. The Labute approximate surface area is 254 Å². The first-order chi connectivity index (χ1) is 20.5. The molecule has 0 aromatic heterocycles. The molecule has 226 valence electrons. The first kappa shape index (κ1) is 30.6. The number of benzene rings is 3. The third kappa shape index (κ3) is 6.40. The lowest BCUT2D eigenvalue weighted by Gasteiger charge is -2.41. The summed E-state index contributed by atoms with van der Waals surface area (Å²) in [6.07, 6.45) is 4.21. The summed E-state index contributed by atoms with van der Waals surface area (Å²) < 4.78 is 35.3. The van der Waals surface area contributed by atoms with Crippen molar-refractivity contribution in [1.82, 2.24) is 4.90 Å². The van der Waals surface area contributed by atoms with E-state index in [0.717, 1.165) is 49.2 Å². The fourth-order valence-corrected chi connectivity index (χ4v) is 7.68. The number of carbonyl (C=O) groups is 1. The van der Waals surface area contributed by atoms with Crippen LogP contribution in [0.2, 0.25) is 0 Å². The zero-order valence-electron chi connectivity index (χ0n) is 25.4. The average Bonchev–Trinajstić information content (AvgIpc) is 2.97. The quantitative estimate of drug-likeness (QED) is 0.366. The van der Waals surface area contributed by atoms with Crippen LogP contribution in [0.3, 0.4) is 0 Å². The van der Waals surface area contributed by atoms with Gasteiger partial charge in [-0.2, -0.15) is 5.26 Å². The molecular formula is C34H40FN5O2S. The topological polar surface area (TPSA) is 91.5 Å². The smallest absolute Gasteiger partial charge is 0.254 e. The molecule has 2 heterocycles. The predicted octanol–water partition coefficient (Wildman–Crippen LogP) is 6.16. The van der Waals surface area contributed by atoms with Gasteiger partial charge in [-0.1, -0.05) is 24.3 Å². The molecule has 2 fully saturated rings. The summed E-state index contributed by atoms with van der Waals surface area (Å²) in [6, 6.07) is 18.7. The van der Waals surface area contributed by atoms with Crippen LogP contribution in [0.4, 0.5) is 15.8 Å². The normalized spacial score (nSPS) is 19.2. The number of hydrogen-bond donors (Lipinski definition) is 1. The first-order valence-corrected chi connectivity index (χ1v) is 16.9. The Balaban J connectivity index is 1.28. The Hall–Kier alpha value is -3.90. The van der Waals surface area contributed by atoms with Gasteiger partial charge in [0, 0.05) is 50.6 Å². The number of halogens is 1. The zero-order chi connectivity index (χ0) is 30.9. The van der Waals surface area contributed by atoms with Crippen LogP contribution in [0.15, 0.2) is 59.5 Å². The first-order valence-electron chi connectivity index (χ1n) is 14.9. The van der Waals surface area contributed by atoms with Gasteiger partial charge < -0.3 is 14.7 Å². The van der Waals surface area contributed by atoms with E-state index in [1.54, 1.807) is 12.1 Å². The molecule has 3 aromatic carbocycles. The van der Waals surface area contributed by atoms with E-state index in [4.69, 9.17) is 4.78 Å². The number of amides is 1. The molecule has 2 aliphatic rings. The summed E-state index contributed by atoms with van der Waals surface area (Å²) in [7, 11) is -3.26. The van der Waals surface area contributed by atoms with E-state index in [-0.39, 0.29) is 16.8 Å². The van der Waals surface area contributed by atoms with Gasteiger partial charge in [-0.05, 0) is 93.0 Å². The van der Waals surface area contributed by atoms with Crippen molar-refractivity contribution in [2.24, 2.45) is 5.92 Å². The SMILES string of the molecule is Cc1cc(C)c(C(=O)N2CCN(c3cccc(F)c3[S@](C)(=N)=O)C[C@@H]2C)cc1CC1CCN(c2ccccc2C#N)CC1. The van der Waals surface area contributed by atoms with Crippen molar-refractivity contribution in [3.05, 3.63) is 88.2 Å². The number of anilines is 2. The summed E-state index contributed by atoms with van der Waals surface area (Å²) in [5.74, 6) is -0.136. The van der Waals surface area contributed by atoms with Crippen molar-refractivity contribution in [3.8, 4) is 6.07 Å². The number of piperazine rings is 1. The highest BCUT2D eigenvalue weighted by molar-refractivity contribution is 7.91. The van der Waals surface area contributed by atoms with E-state index in [0.29, 0.717) is 36.8 Å². The van der Waals surface area contributed by atoms with Gasteiger partial charge in [0.1, 0.15) is 16.8 Å². The van der Waals surface area contributed by atoms with Crippen LogP contribution in [0.1, 0.15) is 52.4 Å². The maximum atomic E-state index is 14.6. The number of nitriles is 1. The van der Waals surface area contributed by atoms with Gasteiger partial charge in [-0.3, -0.25) is 4.79 Å². The summed E-state index contributed by atoms with van der Waals surface area (Å²) in [5.41, 5.74) is 6.26. The molecule has 1 amide bonds. The van der Waals surface area contributed by atoms with E-state index in [1.807, 2.05) is 47.9 Å². The number of nitrogens with one attached hydrogen (secondary N) is 1. The molecule has 0 radical (unpaired) electrons. The minimum absolute atomic E-state index is 0.00641. The molecule has 0 unspecified atom stereocenters. The highest BCUT2D eigenvalue weighted by Gasteiger charge is 2.32. The van der Waals surface area contributed by atoms with Crippen LogP contribution < -0.4 is 9.80 Å². The Kier molecular flexibility index (Phi) is 8.79. The third-order valence-electron chi connectivity index (χ3n) is 8.97. The number of hydrogen-bond acceptors (Lipinski definition) is 6. The van der Waals surface area contributed by atoms with E-state index >= 15 is 0 Å². The molecule has 0 aliphatic carbocycles.